The summed E-state index contributed by atoms with van der Waals surface area (Å²) in [5, 5.41) is 0. The molecule has 8 rings (SSSR count). The van der Waals surface area contributed by atoms with Gasteiger partial charge in [0.2, 0.25) is 0 Å². The number of halogens is 2. The molecule has 12 nitrogen and oxygen atoms in total. The van der Waals surface area contributed by atoms with Crippen LogP contribution in [0.3, 0.4) is 0 Å². The van der Waals surface area contributed by atoms with Crippen molar-refractivity contribution in [2.45, 2.75) is 64.8 Å². The Morgan fingerprint density at radius 3 is 1.45 bits per heavy atom. The second-order valence-corrected chi connectivity index (χ2v) is 15.4. The molecular formula is C50H52F2N6O6. The number of amides is 2. The molecule has 2 atom stereocenters. The normalized spacial score (nSPS) is 14.5. The summed E-state index contributed by atoms with van der Waals surface area (Å²) in [6, 6.07) is 32.0. The van der Waals surface area contributed by atoms with Crippen molar-refractivity contribution in [3.8, 4) is 0 Å². The average molecular weight is 871 g/mol. The Hall–Kier alpha value is -7.22. The summed E-state index contributed by atoms with van der Waals surface area (Å²) in [6.45, 7) is 6.81. The Morgan fingerprint density at radius 1 is 0.609 bits per heavy atom. The minimum absolute atomic E-state index is 0.0386. The highest BCUT2D eigenvalue weighted by Crippen LogP contribution is 2.25. The lowest BCUT2D eigenvalue weighted by Crippen LogP contribution is -2.38. The molecular weight excluding hydrogens is 819 g/mol. The summed E-state index contributed by atoms with van der Waals surface area (Å²) in [7, 11) is 0. The quantitative estimate of drug-likeness (QED) is 0.125. The zero-order valence-corrected chi connectivity index (χ0v) is 36.0. The predicted octanol–water partition coefficient (Wildman–Crippen LogP) is 9.88. The van der Waals surface area contributed by atoms with E-state index in [1.807, 2.05) is 73.8 Å². The molecule has 6 aromatic rings. The predicted molar refractivity (Wildman–Crippen MR) is 238 cm³/mol. The lowest BCUT2D eigenvalue weighted by Gasteiger charge is -2.28. The van der Waals surface area contributed by atoms with E-state index < -0.39 is 0 Å². The van der Waals surface area contributed by atoms with Gasteiger partial charge in [-0.15, -0.1) is 0 Å². The maximum atomic E-state index is 13.2. The van der Waals surface area contributed by atoms with Crippen LogP contribution >= 0.6 is 0 Å². The standard InChI is InChI=1S/C25H26FN3O2.C13H15NO3.C12H11FN2O/c1-19(22-7-9-23(26)10-8-22)29-18-27-16-24(29)15-20-11-13-28(14-12-20)25(30)31-17-21-5-3-2-4-6-21;15-12-6-8-14(9-7-12)13(16)17-10-11-4-2-1-3-5-11;1-9(10-2-4-11(13)5-3-10)15-8-14-6-12(15)7-16/h2-10,15-16,18-19H,11-14,17H2,1H3;1-5H,6-10H2;2-9H,1H3/t19-;;9-/m1.1/s1. The molecule has 64 heavy (non-hydrogen) atoms. The zero-order valence-electron chi connectivity index (χ0n) is 36.0. The van der Waals surface area contributed by atoms with Gasteiger partial charge < -0.3 is 28.4 Å². The van der Waals surface area contributed by atoms with Crippen molar-refractivity contribution in [1.29, 1.82) is 0 Å². The van der Waals surface area contributed by atoms with Crippen LogP contribution in [0, 0.1) is 11.6 Å². The molecule has 14 heteroatoms. The maximum Gasteiger partial charge on any atom is 0.410 e. The number of benzene rings is 4. The van der Waals surface area contributed by atoms with Gasteiger partial charge in [0.15, 0.2) is 6.29 Å². The number of ether oxygens (including phenoxy) is 2. The van der Waals surface area contributed by atoms with Crippen molar-refractivity contribution in [1.82, 2.24) is 28.9 Å². The number of nitrogens with zero attached hydrogens (tertiary/aromatic N) is 6. The van der Waals surface area contributed by atoms with E-state index >= 15 is 0 Å². The zero-order chi connectivity index (χ0) is 45.3. The molecule has 4 heterocycles. The minimum atomic E-state index is -0.332. The van der Waals surface area contributed by atoms with E-state index in [2.05, 4.69) is 27.5 Å². The Kier molecular flexibility index (Phi) is 16.8. The Bertz CT molecular complexity index is 2440. The van der Waals surface area contributed by atoms with Gasteiger partial charge in [0.25, 0.3) is 0 Å². The highest BCUT2D eigenvalue weighted by molar-refractivity contribution is 5.81. The number of hydrogen-bond donors (Lipinski definition) is 0. The van der Waals surface area contributed by atoms with Crippen LogP contribution in [0.5, 0.6) is 0 Å². The second-order valence-electron chi connectivity index (χ2n) is 15.4. The molecule has 0 bridgehead atoms. The molecule has 2 aliphatic rings. The summed E-state index contributed by atoms with van der Waals surface area (Å²) < 4.78 is 40.5. The topological polar surface area (TPSA) is 129 Å². The molecule has 0 aliphatic carbocycles. The van der Waals surface area contributed by atoms with Crippen molar-refractivity contribution < 1.29 is 37.4 Å². The van der Waals surface area contributed by atoms with E-state index in [1.165, 1.54) is 36.0 Å². The number of carbonyl (C=O) groups is 4. The van der Waals surface area contributed by atoms with E-state index in [-0.39, 0.29) is 48.3 Å². The smallest absolute Gasteiger partial charge is 0.410 e. The van der Waals surface area contributed by atoms with Gasteiger partial charge in [-0.1, -0.05) is 90.5 Å². The molecule has 4 aromatic carbocycles. The Morgan fingerprint density at radius 2 is 1.02 bits per heavy atom. The van der Waals surface area contributed by atoms with Crippen LogP contribution in [0.4, 0.5) is 18.4 Å². The molecule has 0 saturated carbocycles. The van der Waals surface area contributed by atoms with Gasteiger partial charge in [-0.25, -0.2) is 28.3 Å². The fraction of sp³-hybridized carbons (Fsp3) is 0.280. The SMILES string of the molecule is C[C@H](c1ccc(F)cc1)n1cncc1C=C1CCN(C(=O)OCc2ccccc2)CC1.C[C@H](c1ccc(F)cc1)n1cncc1C=O.O=C1CCN(C(=O)OCc2ccccc2)CC1. The molecule has 2 fully saturated rings. The average Bonchev–Trinajstić information content (AvgIpc) is 4.02. The largest absolute Gasteiger partial charge is 0.445 e. The molecule has 0 spiro atoms. The number of carbonyl (C=O) groups excluding carboxylic acids is 4. The third-order valence-corrected chi connectivity index (χ3v) is 11.1. The van der Waals surface area contributed by atoms with Gasteiger partial charge in [-0.2, -0.15) is 0 Å². The van der Waals surface area contributed by atoms with Gasteiger partial charge >= 0.3 is 12.2 Å². The lowest BCUT2D eigenvalue weighted by atomic mass is 10.0. The first kappa shape index (κ1) is 46.3. The molecule has 0 unspecified atom stereocenters. The van der Waals surface area contributed by atoms with Gasteiger partial charge in [0, 0.05) is 39.0 Å². The third-order valence-electron chi connectivity index (χ3n) is 11.1. The second kappa shape index (κ2) is 23.3. The number of likely N-dealkylation sites (tertiary alicyclic amines) is 2. The number of aldehydes is 1. The highest BCUT2D eigenvalue weighted by Gasteiger charge is 2.23. The van der Waals surface area contributed by atoms with Crippen LogP contribution in [-0.4, -0.2) is 79.3 Å². The summed E-state index contributed by atoms with van der Waals surface area (Å²) >= 11 is 0. The molecule has 2 aromatic heterocycles. The number of aromatic nitrogens is 4. The fourth-order valence-corrected chi connectivity index (χ4v) is 7.17. The number of ketones is 1. The van der Waals surface area contributed by atoms with E-state index in [4.69, 9.17) is 9.47 Å². The summed E-state index contributed by atoms with van der Waals surface area (Å²) in [4.78, 5) is 57.4. The monoisotopic (exact) mass is 870 g/mol. The first-order valence-corrected chi connectivity index (χ1v) is 21.2. The van der Waals surface area contributed by atoms with E-state index in [0.717, 1.165) is 47.1 Å². The lowest BCUT2D eigenvalue weighted by molar-refractivity contribution is -0.121. The van der Waals surface area contributed by atoms with Gasteiger partial charge in [0.1, 0.15) is 36.3 Å². The van der Waals surface area contributed by atoms with Gasteiger partial charge in [0.05, 0.1) is 42.8 Å². The fourth-order valence-electron chi connectivity index (χ4n) is 7.17. The van der Waals surface area contributed by atoms with Crippen molar-refractivity contribution in [3.05, 3.63) is 185 Å². The number of Topliss-reactive ketones (excluding diaryl/α,β-unsaturated/α-hetero) is 1. The summed E-state index contributed by atoms with van der Waals surface area (Å²) in [5.41, 5.74) is 6.70. The van der Waals surface area contributed by atoms with Crippen molar-refractivity contribution in [2.75, 3.05) is 26.2 Å². The van der Waals surface area contributed by atoms with Crippen LogP contribution in [-0.2, 0) is 27.5 Å². The van der Waals surface area contributed by atoms with E-state index in [9.17, 15) is 28.0 Å². The number of piperidine rings is 2. The van der Waals surface area contributed by atoms with Crippen molar-refractivity contribution in [2.24, 2.45) is 0 Å². The first-order valence-electron chi connectivity index (χ1n) is 21.2. The van der Waals surface area contributed by atoms with Crippen molar-refractivity contribution >= 4 is 30.3 Å². The van der Waals surface area contributed by atoms with E-state index in [0.29, 0.717) is 51.3 Å². The van der Waals surface area contributed by atoms with Crippen LogP contribution in [0.1, 0.15) is 90.1 Å². The molecule has 332 valence electrons. The van der Waals surface area contributed by atoms with Gasteiger partial charge in [-0.3, -0.25) is 9.59 Å². The minimum Gasteiger partial charge on any atom is -0.445 e. The maximum absolute atomic E-state index is 13.2. The molecule has 2 saturated heterocycles. The number of rotatable bonds is 10. The van der Waals surface area contributed by atoms with E-state index in [1.54, 1.807) is 51.3 Å². The molecule has 0 N–H and O–H groups in total. The van der Waals surface area contributed by atoms with Crippen LogP contribution in [0.15, 0.2) is 140 Å². The Balaban J connectivity index is 0.000000174. The summed E-state index contributed by atoms with van der Waals surface area (Å²) in [5.74, 6) is -0.285. The number of hydrogen-bond acceptors (Lipinski definition) is 8. The van der Waals surface area contributed by atoms with Crippen LogP contribution in [0.25, 0.3) is 6.08 Å². The molecule has 2 amide bonds. The van der Waals surface area contributed by atoms with Crippen LogP contribution in [0.2, 0.25) is 0 Å². The molecule has 2 aliphatic heterocycles. The van der Waals surface area contributed by atoms with Crippen LogP contribution < -0.4 is 0 Å². The van der Waals surface area contributed by atoms with Crippen molar-refractivity contribution in [3.63, 3.8) is 0 Å². The third kappa shape index (κ3) is 13.4. The molecule has 0 radical (unpaired) electrons. The van der Waals surface area contributed by atoms with Gasteiger partial charge in [-0.05, 0) is 79.3 Å². The Labute approximate surface area is 371 Å². The summed E-state index contributed by atoms with van der Waals surface area (Å²) in [6.07, 6.45) is 11.6. The first-order chi connectivity index (χ1) is 31.1. The highest BCUT2D eigenvalue weighted by atomic mass is 19.1. The number of imidazole rings is 2.